The molecule has 0 rings (SSSR count). The van der Waals surface area contributed by atoms with Crippen molar-refractivity contribution in [2.24, 2.45) is 0 Å². The number of carboxylic acid groups (broad SMARTS) is 1. The minimum absolute atomic E-state index is 0. The second-order valence-electron chi connectivity index (χ2n) is 1.45. The second-order valence-corrected chi connectivity index (χ2v) is 1.45. The van der Waals surface area contributed by atoms with Crippen LogP contribution in [0.1, 0.15) is 13.3 Å². The summed E-state index contributed by atoms with van der Waals surface area (Å²) in [6.07, 6.45) is -0.891. The molecule has 1 unspecified atom stereocenters. The van der Waals surface area contributed by atoms with Gasteiger partial charge >= 0.3 is 5.97 Å². The van der Waals surface area contributed by atoms with E-state index in [1.54, 1.807) is 0 Å². The van der Waals surface area contributed by atoms with E-state index in [2.05, 4.69) is 0 Å². The Labute approximate surface area is 70.0 Å². The Morgan fingerprint density at radius 3 is 2.12 bits per heavy atom. The molecule has 0 heterocycles. The Balaban J connectivity index is 0. The molecule has 0 aromatic carbocycles. The molecule has 0 aliphatic carbocycles. The summed E-state index contributed by atoms with van der Waals surface area (Å²) in [5.74, 6) is -0.963. The van der Waals surface area contributed by atoms with Gasteiger partial charge in [-0.15, -0.1) is 0 Å². The fraction of sp³-hybridized carbons (Fsp3) is 0.750. The van der Waals surface area contributed by atoms with Gasteiger partial charge in [0.05, 0.1) is 12.5 Å². The van der Waals surface area contributed by atoms with E-state index in [4.69, 9.17) is 10.2 Å². The maximum Gasteiger partial charge on any atom is 0.305 e. The van der Waals surface area contributed by atoms with Crippen LogP contribution in [0.2, 0.25) is 0 Å². The van der Waals surface area contributed by atoms with Crippen LogP contribution in [-0.4, -0.2) is 51.8 Å². The summed E-state index contributed by atoms with van der Waals surface area (Å²) in [4.78, 5) is 9.65. The third kappa shape index (κ3) is 9.66. The Morgan fingerprint density at radius 2 is 2.12 bits per heavy atom. The fourth-order valence-corrected chi connectivity index (χ4v) is 0.253. The van der Waals surface area contributed by atoms with Gasteiger partial charge in [0, 0.05) is 29.6 Å². The van der Waals surface area contributed by atoms with Crippen LogP contribution in [0.5, 0.6) is 0 Å². The first kappa shape index (κ1) is 11.3. The summed E-state index contributed by atoms with van der Waals surface area (Å²) in [6, 6.07) is 0. The number of aliphatic carboxylic acids is 1. The molecule has 3 nitrogen and oxygen atoms in total. The molecule has 0 aromatic heterocycles. The van der Waals surface area contributed by atoms with E-state index in [1.165, 1.54) is 6.92 Å². The first-order valence-electron chi connectivity index (χ1n) is 2.03. The molecule has 1 atom stereocenters. The molecule has 0 fully saturated rings. The van der Waals surface area contributed by atoms with E-state index in [1.807, 2.05) is 0 Å². The molecule has 1 radical (unpaired) electrons. The molecular weight excluding hydrogens is 121 g/mol. The predicted octanol–water partition coefficient (Wildman–Crippen LogP) is -0.539. The van der Waals surface area contributed by atoms with Gasteiger partial charge in [-0.05, 0) is 6.92 Å². The quantitative estimate of drug-likeness (QED) is 0.389. The Kier molecular flexibility index (Phi) is 7.83. The van der Waals surface area contributed by atoms with Crippen molar-refractivity contribution in [2.75, 3.05) is 0 Å². The van der Waals surface area contributed by atoms with E-state index >= 15 is 0 Å². The van der Waals surface area contributed by atoms with Gasteiger partial charge in [0.25, 0.3) is 0 Å². The predicted molar refractivity (Wildman–Crippen MR) is 29.7 cm³/mol. The monoisotopic (exact) mass is 129 g/mol. The van der Waals surface area contributed by atoms with E-state index in [-0.39, 0.29) is 36.0 Å². The van der Waals surface area contributed by atoms with Crippen LogP contribution in [-0.2, 0) is 4.79 Å². The van der Waals surface area contributed by atoms with Gasteiger partial charge in [0.15, 0.2) is 0 Å². The number of aliphatic hydroxyl groups is 1. The molecule has 0 saturated carbocycles. The standard InChI is InChI=1S/C4H8O3.Na/c1-3(5)2-4(6)7;/h3,5H,2H2,1H3,(H,6,7);/i1+1,2+1;. The average molecular weight is 129 g/mol. The summed E-state index contributed by atoms with van der Waals surface area (Å²) in [5, 5.41) is 16.3. The molecule has 0 amide bonds. The SMILES string of the molecule is [13CH3]C(O)[13CH2]C(=O)O.[Na]. The molecule has 0 bridgehead atoms. The van der Waals surface area contributed by atoms with Gasteiger partial charge in [-0.2, -0.15) is 0 Å². The van der Waals surface area contributed by atoms with Crippen molar-refractivity contribution >= 4 is 35.5 Å². The zero-order chi connectivity index (χ0) is 5.86. The molecule has 43 valence electrons. The van der Waals surface area contributed by atoms with E-state index < -0.39 is 12.1 Å². The van der Waals surface area contributed by atoms with Gasteiger partial charge in [0.1, 0.15) is 0 Å². The van der Waals surface area contributed by atoms with Crippen molar-refractivity contribution in [1.29, 1.82) is 0 Å². The van der Waals surface area contributed by atoms with Crippen molar-refractivity contribution < 1.29 is 15.0 Å². The largest absolute Gasteiger partial charge is 0.481 e. The number of carbonyl (C=O) groups is 1. The van der Waals surface area contributed by atoms with Gasteiger partial charge in [0.2, 0.25) is 0 Å². The van der Waals surface area contributed by atoms with Gasteiger partial charge in [-0.1, -0.05) is 0 Å². The number of aliphatic hydroxyl groups excluding tert-OH is 1. The summed E-state index contributed by atoms with van der Waals surface area (Å²) in [6.45, 7) is 1.44. The molecule has 0 aliphatic heterocycles. The van der Waals surface area contributed by atoms with Gasteiger partial charge in [-0.25, -0.2) is 0 Å². The first-order chi connectivity index (χ1) is 3.13. The molecule has 0 aromatic rings. The normalized spacial score (nSPS) is 11.8. The van der Waals surface area contributed by atoms with E-state index in [0.717, 1.165) is 0 Å². The summed E-state index contributed by atoms with van der Waals surface area (Å²) in [5.41, 5.74) is 0. The Morgan fingerprint density at radius 1 is 1.75 bits per heavy atom. The smallest absolute Gasteiger partial charge is 0.305 e. The Bertz CT molecular complexity index is 71.7. The number of hydrogen-bond donors (Lipinski definition) is 2. The van der Waals surface area contributed by atoms with Gasteiger partial charge < -0.3 is 10.2 Å². The number of rotatable bonds is 2. The van der Waals surface area contributed by atoms with Crippen molar-refractivity contribution in [2.45, 2.75) is 19.4 Å². The molecule has 2 N–H and O–H groups in total. The summed E-state index contributed by atoms with van der Waals surface area (Å²) >= 11 is 0. The molecule has 0 aliphatic rings. The molecule has 0 saturated heterocycles. The van der Waals surface area contributed by atoms with Crippen LogP contribution in [0.4, 0.5) is 0 Å². The fourth-order valence-electron chi connectivity index (χ4n) is 0.253. The average Bonchev–Trinajstić information content (AvgIpc) is 1.27. The number of carboxylic acids is 1. The zero-order valence-corrected chi connectivity index (χ0v) is 7.09. The van der Waals surface area contributed by atoms with Crippen molar-refractivity contribution in [1.82, 2.24) is 0 Å². The third-order valence-corrected chi connectivity index (χ3v) is 0.470. The van der Waals surface area contributed by atoms with E-state index in [0.29, 0.717) is 0 Å². The Hall–Kier alpha value is 0.430. The van der Waals surface area contributed by atoms with Crippen molar-refractivity contribution in [3.63, 3.8) is 0 Å². The molecule has 0 spiro atoms. The van der Waals surface area contributed by atoms with Crippen LogP contribution in [0.25, 0.3) is 0 Å². The zero-order valence-electron chi connectivity index (χ0n) is 5.09. The maximum atomic E-state index is 9.65. The molecule has 8 heavy (non-hydrogen) atoms. The van der Waals surface area contributed by atoms with Crippen LogP contribution < -0.4 is 0 Å². The topological polar surface area (TPSA) is 57.5 Å². The second kappa shape index (κ2) is 5.56. The molecule has 4 heteroatoms. The molecular formula is C4H8NaO3. The summed E-state index contributed by atoms with van der Waals surface area (Å²) in [7, 11) is 0. The minimum Gasteiger partial charge on any atom is -0.481 e. The van der Waals surface area contributed by atoms with E-state index in [9.17, 15) is 4.79 Å². The van der Waals surface area contributed by atoms with Crippen LogP contribution in [0.15, 0.2) is 0 Å². The van der Waals surface area contributed by atoms with Gasteiger partial charge in [-0.3, -0.25) is 4.79 Å². The maximum absolute atomic E-state index is 9.65. The minimum atomic E-state index is -0.963. The van der Waals surface area contributed by atoms with Crippen LogP contribution in [0, 0.1) is 0 Å². The van der Waals surface area contributed by atoms with Crippen molar-refractivity contribution in [3.05, 3.63) is 0 Å². The number of hydrogen-bond acceptors (Lipinski definition) is 2. The van der Waals surface area contributed by atoms with Crippen LogP contribution >= 0.6 is 0 Å². The van der Waals surface area contributed by atoms with Crippen molar-refractivity contribution in [3.8, 4) is 0 Å². The van der Waals surface area contributed by atoms with Crippen LogP contribution in [0.3, 0.4) is 0 Å². The summed E-state index contributed by atoms with van der Waals surface area (Å²) < 4.78 is 0. The first-order valence-corrected chi connectivity index (χ1v) is 2.03. The third-order valence-electron chi connectivity index (χ3n) is 0.470.